The number of rotatable bonds is 7. The molecular weight excluding hydrogens is 391 g/mol. The molecule has 1 fully saturated rings. The number of halogens is 2. The van der Waals surface area contributed by atoms with Gasteiger partial charge in [-0.05, 0) is 74.2 Å². The maximum Gasteiger partial charge on any atom is 0.227 e. The first-order chi connectivity index (χ1) is 13.5. The molecule has 1 N–H and O–H groups in total. The van der Waals surface area contributed by atoms with E-state index in [1.165, 1.54) is 18.4 Å². The minimum Gasteiger partial charge on any atom is -0.326 e. The number of likely N-dealkylation sites (tertiary alicyclic amines) is 1. The van der Waals surface area contributed by atoms with Gasteiger partial charge in [0.25, 0.3) is 0 Å². The highest BCUT2D eigenvalue weighted by Gasteiger charge is 2.25. The van der Waals surface area contributed by atoms with E-state index in [0.29, 0.717) is 10.0 Å². The number of carbonyl (C=O) groups is 1. The van der Waals surface area contributed by atoms with Crippen LogP contribution in [-0.4, -0.2) is 23.9 Å². The Kier molecular flexibility index (Phi) is 7.78. The Morgan fingerprint density at radius 2 is 1.82 bits per heavy atom. The van der Waals surface area contributed by atoms with E-state index >= 15 is 0 Å². The molecule has 0 radical (unpaired) electrons. The van der Waals surface area contributed by atoms with Crippen molar-refractivity contribution in [3.05, 3.63) is 63.6 Å². The number of hydrogen-bond donors (Lipinski definition) is 1. The molecule has 1 aliphatic heterocycles. The predicted octanol–water partition coefficient (Wildman–Crippen LogP) is 6.19. The fourth-order valence-electron chi connectivity index (χ4n) is 3.62. The highest BCUT2D eigenvalue weighted by atomic mass is 35.5. The molecule has 1 aliphatic rings. The van der Waals surface area contributed by atoms with Crippen molar-refractivity contribution >= 4 is 34.8 Å². The Bertz CT molecular complexity index is 784. The van der Waals surface area contributed by atoms with Crippen molar-refractivity contribution < 1.29 is 4.79 Å². The third-order valence-corrected chi connectivity index (χ3v) is 5.99. The lowest BCUT2D eigenvalue weighted by molar-refractivity contribution is -0.121. The summed E-state index contributed by atoms with van der Waals surface area (Å²) >= 11 is 12.3. The fraction of sp³-hybridized carbons (Fsp3) is 0.435. The molecule has 150 valence electrons. The zero-order valence-corrected chi connectivity index (χ0v) is 17.9. The van der Waals surface area contributed by atoms with E-state index in [0.717, 1.165) is 50.1 Å². The van der Waals surface area contributed by atoms with E-state index in [1.807, 2.05) is 24.3 Å². The second kappa shape index (κ2) is 10.3. The molecule has 0 atom stereocenters. The van der Waals surface area contributed by atoms with Gasteiger partial charge in [-0.1, -0.05) is 54.7 Å². The van der Waals surface area contributed by atoms with Crippen LogP contribution >= 0.6 is 23.2 Å². The van der Waals surface area contributed by atoms with Gasteiger partial charge in [-0.3, -0.25) is 9.69 Å². The number of nitrogens with zero attached hydrogens (tertiary/aromatic N) is 1. The summed E-state index contributed by atoms with van der Waals surface area (Å²) in [6.07, 6.45) is 5.23. The van der Waals surface area contributed by atoms with Crippen LogP contribution in [0.5, 0.6) is 0 Å². The van der Waals surface area contributed by atoms with Crippen LogP contribution in [0.1, 0.15) is 43.7 Å². The van der Waals surface area contributed by atoms with Crippen LogP contribution in [0.25, 0.3) is 0 Å². The van der Waals surface area contributed by atoms with E-state index in [4.69, 9.17) is 23.2 Å². The molecule has 28 heavy (non-hydrogen) atoms. The Morgan fingerprint density at radius 1 is 1.11 bits per heavy atom. The van der Waals surface area contributed by atoms with Gasteiger partial charge in [0.15, 0.2) is 0 Å². The minimum atomic E-state index is 0.0664. The summed E-state index contributed by atoms with van der Waals surface area (Å²) in [6.45, 7) is 4.79. The van der Waals surface area contributed by atoms with Crippen LogP contribution in [0, 0.1) is 5.92 Å². The minimum absolute atomic E-state index is 0.0664. The number of amides is 1. The average molecular weight is 419 g/mol. The summed E-state index contributed by atoms with van der Waals surface area (Å²) in [5, 5.41) is 4.44. The smallest absolute Gasteiger partial charge is 0.227 e. The maximum absolute atomic E-state index is 12.6. The molecule has 2 aromatic rings. The molecule has 3 nitrogen and oxygen atoms in total. The van der Waals surface area contributed by atoms with E-state index < -0.39 is 0 Å². The second-order valence-electron chi connectivity index (χ2n) is 7.58. The van der Waals surface area contributed by atoms with Crippen LogP contribution < -0.4 is 5.32 Å². The van der Waals surface area contributed by atoms with Gasteiger partial charge in [-0.15, -0.1) is 0 Å². The summed E-state index contributed by atoms with van der Waals surface area (Å²) in [5.41, 5.74) is 3.30. The van der Waals surface area contributed by atoms with E-state index in [1.54, 1.807) is 6.07 Å². The molecule has 0 saturated carbocycles. The second-order valence-corrected chi connectivity index (χ2v) is 8.42. The quantitative estimate of drug-likeness (QED) is 0.581. The number of piperidine rings is 1. The van der Waals surface area contributed by atoms with Crippen molar-refractivity contribution in [2.75, 3.05) is 18.4 Å². The molecule has 0 bridgehead atoms. The monoisotopic (exact) mass is 418 g/mol. The molecule has 0 unspecified atom stereocenters. The summed E-state index contributed by atoms with van der Waals surface area (Å²) < 4.78 is 0. The van der Waals surface area contributed by atoms with Crippen molar-refractivity contribution in [2.45, 2.75) is 45.6 Å². The Balaban J connectivity index is 1.47. The Morgan fingerprint density at radius 3 is 2.46 bits per heavy atom. The molecule has 5 heteroatoms. The van der Waals surface area contributed by atoms with Crippen molar-refractivity contribution in [1.82, 2.24) is 4.90 Å². The van der Waals surface area contributed by atoms with Gasteiger partial charge in [0, 0.05) is 28.2 Å². The van der Waals surface area contributed by atoms with Crippen molar-refractivity contribution in [2.24, 2.45) is 5.92 Å². The molecule has 1 heterocycles. The molecule has 0 aliphatic carbocycles. The number of anilines is 1. The van der Waals surface area contributed by atoms with Gasteiger partial charge in [0.05, 0.1) is 0 Å². The maximum atomic E-state index is 12.6. The molecule has 1 saturated heterocycles. The molecule has 3 rings (SSSR count). The van der Waals surface area contributed by atoms with Gasteiger partial charge in [0.2, 0.25) is 5.91 Å². The number of nitrogens with one attached hydrogen (secondary N) is 1. The molecule has 1 amide bonds. The summed E-state index contributed by atoms with van der Waals surface area (Å²) in [5.74, 6) is 0.196. The standard InChI is InChI=1S/C23H28Cl2N2O/c1-2-3-4-17-5-9-21(10-6-17)26-23(28)18-11-13-27(14-12-18)16-19-7-8-20(24)15-22(19)25/h5-10,15,18H,2-4,11-14,16H2,1H3,(H,26,28). The first-order valence-electron chi connectivity index (χ1n) is 10.1. The lowest BCUT2D eigenvalue weighted by Crippen LogP contribution is -2.37. The zero-order chi connectivity index (χ0) is 19.9. The van der Waals surface area contributed by atoms with E-state index in [-0.39, 0.29) is 11.8 Å². The van der Waals surface area contributed by atoms with Crippen molar-refractivity contribution in [1.29, 1.82) is 0 Å². The Labute approximate surface area is 178 Å². The van der Waals surface area contributed by atoms with Gasteiger partial charge >= 0.3 is 0 Å². The SMILES string of the molecule is CCCCc1ccc(NC(=O)C2CCN(Cc3ccc(Cl)cc3Cl)CC2)cc1. The first-order valence-corrected chi connectivity index (χ1v) is 10.9. The zero-order valence-electron chi connectivity index (χ0n) is 16.4. The van der Waals surface area contributed by atoms with Crippen LogP contribution in [0.2, 0.25) is 10.0 Å². The molecule has 0 spiro atoms. The summed E-state index contributed by atoms with van der Waals surface area (Å²) in [7, 11) is 0. The fourth-order valence-corrected chi connectivity index (χ4v) is 4.09. The predicted molar refractivity (Wildman–Crippen MR) is 118 cm³/mol. The highest BCUT2D eigenvalue weighted by Crippen LogP contribution is 2.25. The van der Waals surface area contributed by atoms with Gasteiger partial charge < -0.3 is 5.32 Å². The number of aryl methyl sites for hydroxylation is 1. The van der Waals surface area contributed by atoms with Crippen LogP contribution in [0.15, 0.2) is 42.5 Å². The molecular formula is C23H28Cl2N2O. The Hall–Kier alpha value is -1.55. The van der Waals surface area contributed by atoms with Crippen molar-refractivity contribution in [3.63, 3.8) is 0 Å². The van der Waals surface area contributed by atoms with E-state index in [2.05, 4.69) is 29.3 Å². The topological polar surface area (TPSA) is 32.3 Å². The lowest BCUT2D eigenvalue weighted by Gasteiger charge is -2.31. The van der Waals surface area contributed by atoms with Gasteiger partial charge in [-0.25, -0.2) is 0 Å². The number of unbranched alkanes of at least 4 members (excludes halogenated alkanes) is 1. The van der Waals surface area contributed by atoms with E-state index in [9.17, 15) is 4.79 Å². The normalized spacial score (nSPS) is 15.5. The largest absolute Gasteiger partial charge is 0.326 e. The van der Waals surface area contributed by atoms with Crippen LogP contribution in [0.4, 0.5) is 5.69 Å². The third-order valence-electron chi connectivity index (χ3n) is 5.41. The molecule has 0 aromatic heterocycles. The summed E-state index contributed by atoms with van der Waals surface area (Å²) in [6, 6.07) is 13.9. The summed E-state index contributed by atoms with van der Waals surface area (Å²) in [4.78, 5) is 15.0. The lowest BCUT2D eigenvalue weighted by atomic mass is 9.95. The van der Waals surface area contributed by atoms with Gasteiger partial charge in [-0.2, -0.15) is 0 Å². The number of benzene rings is 2. The van der Waals surface area contributed by atoms with Crippen LogP contribution in [0.3, 0.4) is 0 Å². The van der Waals surface area contributed by atoms with Gasteiger partial charge in [0.1, 0.15) is 0 Å². The molecule has 2 aromatic carbocycles. The third kappa shape index (κ3) is 5.97. The van der Waals surface area contributed by atoms with Crippen LogP contribution in [-0.2, 0) is 17.8 Å². The number of hydrogen-bond acceptors (Lipinski definition) is 2. The number of carbonyl (C=O) groups excluding carboxylic acids is 1. The average Bonchev–Trinajstić information content (AvgIpc) is 2.70. The van der Waals surface area contributed by atoms with Crippen molar-refractivity contribution in [3.8, 4) is 0 Å². The highest BCUT2D eigenvalue weighted by molar-refractivity contribution is 6.35. The first kappa shape index (κ1) is 21.2.